The van der Waals surface area contributed by atoms with Crippen molar-refractivity contribution in [2.24, 2.45) is 0 Å². The van der Waals surface area contributed by atoms with Crippen LogP contribution < -0.4 is 5.56 Å². The standard InChI is InChI=1S/C11H9FN2O2/c12-8-3-4-9(15)7-5-13-14(6-1-2-6)11(16)10(7)8/h3-6,15H,1-2H2. The number of phenolic OH excluding ortho intramolecular Hbond substituents is 1. The lowest BCUT2D eigenvalue weighted by molar-refractivity contribution is 0.479. The van der Waals surface area contributed by atoms with Gasteiger partial charge in [-0.3, -0.25) is 4.79 Å². The zero-order chi connectivity index (χ0) is 11.3. The first kappa shape index (κ1) is 9.33. The van der Waals surface area contributed by atoms with Gasteiger partial charge in [-0.05, 0) is 25.0 Å². The monoisotopic (exact) mass is 220 g/mol. The van der Waals surface area contributed by atoms with E-state index in [2.05, 4.69) is 5.10 Å². The van der Waals surface area contributed by atoms with Gasteiger partial charge in [-0.2, -0.15) is 5.10 Å². The summed E-state index contributed by atoms with van der Waals surface area (Å²) in [6, 6.07) is 2.41. The van der Waals surface area contributed by atoms with Gasteiger partial charge in [0.1, 0.15) is 11.6 Å². The van der Waals surface area contributed by atoms with Crippen LogP contribution in [0.25, 0.3) is 10.8 Å². The molecule has 16 heavy (non-hydrogen) atoms. The minimum atomic E-state index is -0.616. The zero-order valence-electron chi connectivity index (χ0n) is 8.35. The summed E-state index contributed by atoms with van der Waals surface area (Å²) in [7, 11) is 0. The lowest BCUT2D eigenvalue weighted by atomic mass is 10.2. The predicted molar refractivity (Wildman–Crippen MR) is 55.9 cm³/mol. The Hall–Kier alpha value is -1.91. The van der Waals surface area contributed by atoms with Crippen LogP contribution in [0.5, 0.6) is 5.75 Å². The largest absolute Gasteiger partial charge is 0.507 e. The van der Waals surface area contributed by atoms with Gasteiger partial charge in [0.2, 0.25) is 0 Å². The first-order valence-corrected chi connectivity index (χ1v) is 5.07. The highest BCUT2D eigenvalue weighted by atomic mass is 19.1. The molecule has 1 heterocycles. The molecule has 1 aliphatic rings. The maximum Gasteiger partial charge on any atom is 0.278 e. The predicted octanol–water partition coefficient (Wildman–Crippen LogP) is 1.58. The fourth-order valence-corrected chi connectivity index (χ4v) is 1.80. The van der Waals surface area contributed by atoms with E-state index in [1.807, 2.05) is 0 Å². The minimum Gasteiger partial charge on any atom is -0.507 e. The van der Waals surface area contributed by atoms with E-state index >= 15 is 0 Å². The van der Waals surface area contributed by atoms with Crippen LogP contribution >= 0.6 is 0 Å². The van der Waals surface area contributed by atoms with E-state index in [1.54, 1.807) is 0 Å². The molecule has 1 aliphatic carbocycles. The molecule has 2 aromatic rings. The number of halogens is 1. The van der Waals surface area contributed by atoms with Crippen LogP contribution in [0.1, 0.15) is 18.9 Å². The van der Waals surface area contributed by atoms with Crippen molar-refractivity contribution in [3.8, 4) is 5.75 Å². The van der Waals surface area contributed by atoms with Crippen molar-refractivity contribution < 1.29 is 9.50 Å². The highest BCUT2D eigenvalue weighted by Crippen LogP contribution is 2.33. The van der Waals surface area contributed by atoms with E-state index in [-0.39, 0.29) is 22.6 Å². The van der Waals surface area contributed by atoms with Gasteiger partial charge in [-0.15, -0.1) is 0 Å². The quantitative estimate of drug-likeness (QED) is 0.793. The lowest BCUT2D eigenvalue weighted by Crippen LogP contribution is -2.22. The first-order valence-electron chi connectivity index (χ1n) is 5.07. The third-order valence-corrected chi connectivity index (χ3v) is 2.80. The van der Waals surface area contributed by atoms with Gasteiger partial charge in [-0.1, -0.05) is 0 Å². The third-order valence-electron chi connectivity index (χ3n) is 2.80. The lowest BCUT2D eigenvalue weighted by Gasteiger charge is -2.05. The molecule has 1 N–H and O–H groups in total. The molecule has 1 aromatic carbocycles. The maximum absolute atomic E-state index is 13.5. The van der Waals surface area contributed by atoms with E-state index in [0.717, 1.165) is 18.9 Å². The average Bonchev–Trinajstić information content (AvgIpc) is 3.07. The van der Waals surface area contributed by atoms with Crippen molar-refractivity contribution in [1.82, 2.24) is 9.78 Å². The van der Waals surface area contributed by atoms with Gasteiger partial charge in [0.15, 0.2) is 0 Å². The SMILES string of the molecule is O=c1c2c(F)ccc(O)c2cnn1C1CC1. The van der Waals surface area contributed by atoms with Crippen LogP contribution in [-0.4, -0.2) is 14.9 Å². The molecule has 1 aromatic heterocycles. The minimum absolute atomic E-state index is 0.0816. The molecule has 0 spiro atoms. The van der Waals surface area contributed by atoms with Crippen molar-refractivity contribution in [2.45, 2.75) is 18.9 Å². The molecule has 3 rings (SSSR count). The summed E-state index contributed by atoms with van der Waals surface area (Å²) in [5.41, 5.74) is -0.464. The Morgan fingerprint density at radius 1 is 1.44 bits per heavy atom. The Labute approximate surface area is 89.9 Å². The van der Waals surface area contributed by atoms with Crippen LogP contribution in [0, 0.1) is 5.82 Å². The Bertz CT molecular complexity index is 632. The summed E-state index contributed by atoms with van der Waals surface area (Å²) >= 11 is 0. The molecule has 0 bridgehead atoms. The summed E-state index contributed by atoms with van der Waals surface area (Å²) in [4.78, 5) is 11.9. The third kappa shape index (κ3) is 1.21. The molecule has 0 amide bonds. The Morgan fingerprint density at radius 3 is 2.88 bits per heavy atom. The van der Waals surface area contributed by atoms with E-state index in [9.17, 15) is 14.3 Å². The second-order valence-corrected chi connectivity index (χ2v) is 3.98. The van der Waals surface area contributed by atoms with E-state index in [0.29, 0.717) is 0 Å². The van der Waals surface area contributed by atoms with E-state index < -0.39 is 11.4 Å². The number of hydrogen-bond acceptors (Lipinski definition) is 3. The topological polar surface area (TPSA) is 55.1 Å². The molecule has 0 aliphatic heterocycles. The van der Waals surface area contributed by atoms with Gasteiger partial charge in [-0.25, -0.2) is 9.07 Å². The molecule has 0 atom stereocenters. The molecular formula is C11H9FN2O2. The highest BCUT2D eigenvalue weighted by Gasteiger charge is 2.27. The normalized spacial score (nSPS) is 15.6. The number of aromatic hydroxyl groups is 1. The molecule has 0 unspecified atom stereocenters. The van der Waals surface area contributed by atoms with Gasteiger partial charge in [0.05, 0.1) is 23.0 Å². The van der Waals surface area contributed by atoms with Gasteiger partial charge in [0.25, 0.3) is 5.56 Å². The number of rotatable bonds is 1. The molecule has 0 radical (unpaired) electrons. The summed E-state index contributed by atoms with van der Waals surface area (Å²) < 4.78 is 14.8. The molecule has 1 saturated carbocycles. The number of benzene rings is 1. The van der Waals surface area contributed by atoms with E-state index in [1.165, 1.54) is 16.9 Å². The first-order chi connectivity index (χ1) is 7.68. The highest BCUT2D eigenvalue weighted by molar-refractivity contribution is 5.86. The molecular weight excluding hydrogens is 211 g/mol. The number of fused-ring (bicyclic) bond motifs is 1. The molecule has 5 heteroatoms. The van der Waals surface area contributed by atoms with Crippen LogP contribution in [0.15, 0.2) is 23.1 Å². The van der Waals surface area contributed by atoms with Crippen LogP contribution in [-0.2, 0) is 0 Å². The molecule has 82 valence electrons. The fraction of sp³-hybridized carbons (Fsp3) is 0.273. The second kappa shape index (κ2) is 3.04. The Kier molecular flexibility index (Phi) is 1.77. The van der Waals surface area contributed by atoms with Crippen molar-refractivity contribution >= 4 is 10.8 Å². The molecule has 0 saturated heterocycles. The van der Waals surface area contributed by atoms with Crippen LogP contribution in [0.4, 0.5) is 4.39 Å². The van der Waals surface area contributed by atoms with Gasteiger partial charge < -0.3 is 5.11 Å². The van der Waals surface area contributed by atoms with Crippen molar-refractivity contribution in [3.63, 3.8) is 0 Å². The van der Waals surface area contributed by atoms with Gasteiger partial charge >= 0.3 is 0 Å². The van der Waals surface area contributed by atoms with Crippen molar-refractivity contribution in [2.75, 3.05) is 0 Å². The van der Waals surface area contributed by atoms with Crippen LogP contribution in [0.2, 0.25) is 0 Å². The fourth-order valence-electron chi connectivity index (χ4n) is 1.80. The average molecular weight is 220 g/mol. The summed E-state index contributed by atoms with van der Waals surface area (Å²) in [5.74, 6) is -0.737. The Morgan fingerprint density at radius 2 is 2.19 bits per heavy atom. The summed E-state index contributed by atoms with van der Waals surface area (Å²) in [5, 5.41) is 13.5. The van der Waals surface area contributed by atoms with Crippen molar-refractivity contribution in [3.05, 3.63) is 34.5 Å². The van der Waals surface area contributed by atoms with E-state index in [4.69, 9.17) is 0 Å². The van der Waals surface area contributed by atoms with Gasteiger partial charge in [0, 0.05) is 0 Å². The summed E-state index contributed by atoms with van der Waals surface area (Å²) in [6.07, 6.45) is 3.14. The smallest absolute Gasteiger partial charge is 0.278 e. The summed E-state index contributed by atoms with van der Waals surface area (Å²) in [6.45, 7) is 0. The molecule has 4 nitrogen and oxygen atoms in total. The second-order valence-electron chi connectivity index (χ2n) is 3.98. The zero-order valence-corrected chi connectivity index (χ0v) is 8.35. The maximum atomic E-state index is 13.5. The number of phenols is 1. The number of aromatic nitrogens is 2. The van der Waals surface area contributed by atoms with Crippen LogP contribution in [0.3, 0.4) is 0 Å². The number of hydrogen-bond donors (Lipinski definition) is 1. The van der Waals surface area contributed by atoms with Crippen molar-refractivity contribution in [1.29, 1.82) is 0 Å². The Balaban J connectivity index is 2.43. The number of nitrogens with zero attached hydrogens (tertiary/aromatic N) is 2. The molecule has 1 fully saturated rings.